The van der Waals surface area contributed by atoms with Crippen LogP contribution < -0.4 is 9.75 Å². The minimum absolute atomic E-state index is 0.223. The number of hydrogen-bond acceptors (Lipinski definition) is 3. The summed E-state index contributed by atoms with van der Waals surface area (Å²) in [5.41, 5.74) is 3.35. The van der Waals surface area contributed by atoms with Crippen LogP contribution in [0.2, 0.25) is 10.0 Å². The topological polar surface area (TPSA) is 41.9 Å². The molecule has 0 saturated carbocycles. The summed E-state index contributed by atoms with van der Waals surface area (Å²) in [7, 11) is 0. The molecule has 31 heavy (non-hydrogen) atoms. The van der Waals surface area contributed by atoms with E-state index in [1.165, 1.54) is 5.01 Å². The molecule has 3 aromatic carbocycles. The fourth-order valence-corrected chi connectivity index (χ4v) is 3.99. The van der Waals surface area contributed by atoms with Crippen molar-refractivity contribution in [1.82, 2.24) is 0 Å². The maximum atomic E-state index is 13.0. The monoisotopic (exact) mass is 514 g/mol. The molecule has 0 radical (unpaired) electrons. The van der Waals surface area contributed by atoms with Crippen molar-refractivity contribution >= 4 is 62.5 Å². The number of amides is 1. The van der Waals surface area contributed by atoms with Crippen LogP contribution in [0, 0.1) is 0 Å². The summed E-state index contributed by atoms with van der Waals surface area (Å²) in [5, 5.41) is 6.62. The van der Waals surface area contributed by atoms with Crippen molar-refractivity contribution in [2.75, 3.05) is 5.01 Å². The van der Waals surface area contributed by atoms with E-state index in [9.17, 15) is 4.79 Å². The summed E-state index contributed by atoms with van der Waals surface area (Å²) in [6.45, 7) is 2.11. The molecule has 156 valence electrons. The molecule has 0 bridgehead atoms. The van der Waals surface area contributed by atoms with Crippen molar-refractivity contribution in [3.63, 3.8) is 0 Å². The summed E-state index contributed by atoms with van der Waals surface area (Å²) < 4.78 is 7.02. The van der Waals surface area contributed by atoms with Crippen molar-refractivity contribution in [2.45, 2.75) is 13.5 Å². The summed E-state index contributed by atoms with van der Waals surface area (Å²) in [4.78, 5) is 13.0. The number of benzene rings is 3. The number of carbonyl (C=O) groups is 1. The molecule has 0 saturated heterocycles. The molecule has 1 heterocycles. The number of carbonyl (C=O) groups excluding carboxylic acids is 1. The van der Waals surface area contributed by atoms with Gasteiger partial charge in [0, 0.05) is 15.1 Å². The first-order valence-corrected chi connectivity index (χ1v) is 11.0. The highest BCUT2D eigenvalue weighted by atomic mass is 79.9. The zero-order chi connectivity index (χ0) is 22.0. The SMILES string of the molecule is CC1=NN(c2ccccc2)C(=O)/C1=C/c1cc(Cl)cc(Cl)c1OCc1ccc(Br)cc1. The predicted octanol–water partition coefficient (Wildman–Crippen LogP) is 7.14. The Morgan fingerprint density at radius 3 is 2.48 bits per heavy atom. The molecule has 0 N–H and O–H groups in total. The summed E-state index contributed by atoms with van der Waals surface area (Å²) in [6, 6.07) is 20.4. The minimum Gasteiger partial charge on any atom is -0.487 e. The lowest BCUT2D eigenvalue weighted by Crippen LogP contribution is -2.21. The molecule has 1 aliphatic heterocycles. The second kappa shape index (κ2) is 9.27. The van der Waals surface area contributed by atoms with Gasteiger partial charge in [0.05, 0.1) is 22.0 Å². The number of nitrogens with zero attached hydrogens (tertiary/aromatic N) is 2. The number of anilines is 1. The van der Waals surface area contributed by atoms with Crippen LogP contribution >= 0.6 is 39.1 Å². The van der Waals surface area contributed by atoms with Gasteiger partial charge in [0.25, 0.3) is 5.91 Å². The van der Waals surface area contributed by atoms with Gasteiger partial charge in [-0.2, -0.15) is 10.1 Å². The van der Waals surface area contributed by atoms with E-state index >= 15 is 0 Å². The number of halogens is 3. The molecular weight excluding hydrogens is 499 g/mol. The number of hydrogen-bond donors (Lipinski definition) is 0. The highest BCUT2D eigenvalue weighted by molar-refractivity contribution is 9.10. The Morgan fingerprint density at radius 2 is 1.77 bits per heavy atom. The summed E-state index contributed by atoms with van der Waals surface area (Å²) >= 11 is 16.1. The van der Waals surface area contributed by atoms with Gasteiger partial charge in [-0.05, 0) is 55.0 Å². The fraction of sp³-hybridized carbons (Fsp3) is 0.0833. The van der Waals surface area contributed by atoms with E-state index in [1.807, 2.05) is 54.6 Å². The maximum absolute atomic E-state index is 13.0. The Bertz CT molecular complexity index is 1190. The first kappa shape index (κ1) is 21.6. The molecule has 0 spiro atoms. The Kier molecular flexibility index (Phi) is 6.46. The van der Waals surface area contributed by atoms with Crippen LogP contribution in [-0.4, -0.2) is 11.6 Å². The lowest BCUT2D eigenvalue weighted by molar-refractivity contribution is -0.114. The lowest BCUT2D eigenvalue weighted by Gasteiger charge is -2.13. The van der Waals surface area contributed by atoms with Crippen molar-refractivity contribution in [2.24, 2.45) is 5.10 Å². The van der Waals surface area contributed by atoms with Crippen molar-refractivity contribution in [3.8, 4) is 5.75 Å². The van der Waals surface area contributed by atoms with E-state index in [0.717, 1.165) is 10.0 Å². The number of hydrazone groups is 1. The van der Waals surface area contributed by atoms with Crippen LogP contribution in [0.15, 0.2) is 81.9 Å². The third-order valence-electron chi connectivity index (χ3n) is 4.70. The largest absolute Gasteiger partial charge is 0.487 e. The summed E-state index contributed by atoms with van der Waals surface area (Å²) in [6.07, 6.45) is 1.72. The van der Waals surface area contributed by atoms with Gasteiger partial charge in [-0.3, -0.25) is 4.79 Å². The average Bonchev–Trinajstić information content (AvgIpc) is 3.03. The van der Waals surface area contributed by atoms with Crippen molar-refractivity contribution in [1.29, 1.82) is 0 Å². The third-order valence-corrected chi connectivity index (χ3v) is 5.72. The second-order valence-corrected chi connectivity index (χ2v) is 8.68. The lowest BCUT2D eigenvalue weighted by atomic mass is 10.1. The van der Waals surface area contributed by atoms with Crippen LogP contribution in [0.1, 0.15) is 18.1 Å². The Labute approximate surface area is 198 Å². The van der Waals surface area contributed by atoms with Crippen molar-refractivity contribution < 1.29 is 9.53 Å². The highest BCUT2D eigenvalue weighted by Crippen LogP contribution is 2.36. The third kappa shape index (κ3) is 4.85. The van der Waals surface area contributed by atoms with E-state index in [0.29, 0.717) is 44.9 Å². The van der Waals surface area contributed by atoms with Gasteiger partial charge in [0.15, 0.2) is 0 Å². The molecule has 0 unspecified atom stereocenters. The van der Waals surface area contributed by atoms with E-state index < -0.39 is 0 Å². The number of ether oxygens (including phenoxy) is 1. The molecule has 3 aromatic rings. The van der Waals surface area contributed by atoms with Gasteiger partial charge in [-0.1, -0.05) is 69.5 Å². The molecular formula is C24H17BrCl2N2O2. The molecule has 1 aliphatic rings. The van der Waals surface area contributed by atoms with Gasteiger partial charge in [-0.15, -0.1) is 0 Å². The van der Waals surface area contributed by atoms with Gasteiger partial charge in [0.1, 0.15) is 12.4 Å². The van der Waals surface area contributed by atoms with Gasteiger partial charge in [-0.25, -0.2) is 0 Å². The van der Waals surface area contributed by atoms with Gasteiger partial charge < -0.3 is 4.74 Å². The minimum atomic E-state index is -0.223. The van der Waals surface area contributed by atoms with Crippen LogP contribution in [0.3, 0.4) is 0 Å². The highest BCUT2D eigenvalue weighted by Gasteiger charge is 2.29. The first-order valence-electron chi connectivity index (χ1n) is 9.45. The molecule has 7 heteroatoms. The molecule has 4 rings (SSSR count). The van der Waals surface area contributed by atoms with Gasteiger partial charge >= 0.3 is 0 Å². The maximum Gasteiger partial charge on any atom is 0.280 e. The molecule has 0 aromatic heterocycles. The van der Waals surface area contributed by atoms with Crippen LogP contribution in [0.5, 0.6) is 5.75 Å². The molecule has 0 atom stereocenters. The quantitative estimate of drug-likeness (QED) is 0.339. The zero-order valence-electron chi connectivity index (χ0n) is 16.5. The number of rotatable bonds is 5. The molecule has 0 aliphatic carbocycles. The molecule has 4 nitrogen and oxygen atoms in total. The summed E-state index contributed by atoms with van der Waals surface area (Å²) in [5.74, 6) is 0.235. The van der Waals surface area contributed by atoms with Crippen molar-refractivity contribution in [3.05, 3.63) is 97.9 Å². The van der Waals surface area contributed by atoms with E-state index in [1.54, 1.807) is 25.1 Å². The second-order valence-electron chi connectivity index (χ2n) is 6.92. The Hall–Kier alpha value is -2.60. The Balaban J connectivity index is 1.66. The van der Waals surface area contributed by atoms with Crippen LogP contribution in [0.4, 0.5) is 5.69 Å². The normalized spacial score (nSPS) is 14.8. The van der Waals surface area contributed by atoms with Crippen LogP contribution in [-0.2, 0) is 11.4 Å². The van der Waals surface area contributed by atoms with Crippen LogP contribution in [0.25, 0.3) is 6.08 Å². The zero-order valence-corrected chi connectivity index (χ0v) is 19.6. The first-order chi connectivity index (χ1) is 14.9. The van der Waals surface area contributed by atoms with E-state index in [-0.39, 0.29) is 5.91 Å². The van der Waals surface area contributed by atoms with Gasteiger partial charge in [0.2, 0.25) is 0 Å². The predicted molar refractivity (Wildman–Crippen MR) is 130 cm³/mol. The molecule has 0 fully saturated rings. The van der Waals surface area contributed by atoms with E-state index in [4.69, 9.17) is 27.9 Å². The standard InChI is InChI=1S/C24H17BrCl2N2O2/c1-15-21(24(30)29(28-15)20-5-3-2-4-6-20)12-17-11-19(26)13-22(27)23(17)31-14-16-7-9-18(25)10-8-16/h2-13H,14H2,1H3/b21-12+. The van der Waals surface area contributed by atoms with E-state index in [2.05, 4.69) is 21.0 Å². The smallest absolute Gasteiger partial charge is 0.280 e. The average molecular weight is 516 g/mol. The Morgan fingerprint density at radius 1 is 1.06 bits per heavy atom. The molecule has 1 amide bonds. The number of para-hydroxylation sites is 1. The fourth-order valence-electron chi connectivity index (χ4n) is 3.16.